The molecule has 0 aromatic carbocycles. The van der Waals surface area contributed by atoms with E-state index in [4.69, 9.17) is 5.73 Å². The van der Waals surface area contributed by atoms with Crippen LogP contribution in [0.15, 0.2) is 12.5 Å². The molecule has 0 amide bonds. The van der Waals surface area contributed by atoms with Crippen molar-refractivity contribution in [3.63, 3.8) is 0 Å². The third kappa shape index (κ3) is 1.27. The summed E-state index contributed by atoms with van der Waals surface area (Å²) in [5.41, 5.74) is 7.30. The lowest BCUT2D eigenvalue weighted by Gasteiger charge is -1.98. The molecule has 0 radical (unpaired) electrons. The predicted molar refractivity (Wildman–Crippen MR) is 49.1 cm³/mol. The van der Waals surface area contributed by atoms with Gasteiger partial charge in [0.1, 0.15) is 6.33 Å². The van der Waals surface area contributed by atoms with Gasteiger partial charge in [0.25, 0.3) is 0 Å². The Morgan fingerprint density at radius 3 is 3.08 bits per heavy atom. The fraction of sp³-hybridized carbons (Fsp3) is 0.375. The highest BCUT2D eigenvalue weighted by Gasteiger charge is 2.05. The van der Waals surface area contributed by atoms with Gasteiger partial charge in [0.15, 0.2) is 5.65 Å². The smallest absolute Gasteiger partial charge is 0.161 e. The Kier molecular flexibility index (Phi) is 1.94. The lowest BCUT2D eigenvalue weighted by molar-refractivity contribution is 0.784. The van der Waals surface area contributed by atoms with Crippen LogP contribution in [-0.2, 0) is 13.5 Å². The van der Waals surface area contributed by atoms with Crippen LogP contribution in [0.25, 0.3) is 11.0 Å². The zero-order valence-corrected chi connectivity index (χ0v) is 7.44. The van der Waals surface area contributed by atoms with Crippen molar-refractivity contribution in [2.75, 3.05) is 6.54 Å². The first-order valence-electron chi connectivity index (χ1n) is 4.14. The monoisotopic (exact) mass is 177 g/mol. The first-order valence-corrected chi connectivity index (χ1v) is 4.14. The molecule has 0 saturated carbocycles. The standard InChI is InChI=1S/C8H11N5/c1-13-8-6(4-12-13)7(2-3-9)10-5-11-8/h4-5H,2-3,9H2,1H3. The molecule has 5 heteroatoms. The molecule has 2 N–H and O–H groups in total. The molecule has 0 unspecified atom stereocenters. The van der Waals surface area contributed by atoms with Crippen LogP contribution in [0.4, 0.5) is 0 Å². The van der Waals surface area contributed by atoms with Gasteiger partial charge in [0, 0.05) is 13.5 Å². The molecule has 2 aromatic heterocycles. The highest BCUT2D eigenvalue weighted by atomic mass is 15.3. The summed E-state index contributed by atoms with van der Waals surface area (Å²) in [6.45, 7) is 0.598. The number of nitrogens with zero attached hydrogens (tertiary/aromatic N) is 4. The molecule has 13 heavy (non-hydrogen) atoms. The number of aryl methyl sites for hydroxylation is 1. The summed E-state index contributed by atoms with van der Waals surface area (Å²) >= 11 is 0. The summed E-state index contributed by atoms with van der Waals surface area (Å²) in [6.07, 6.45) is 4.10. The van der Waals surface area contributed by atoms with Gasteiger partial charge in [-0.25, -0.2) is 9.97 Å². The number of hydrogen-bond acceptors (Lipinski definition) is 4. The molecular formula is C8H11N5. The molecule has 2 rings (SSSR count). The zero-order valence-electron chi connectivity index (χ0n) is 7.44. The number of fused-ring (bicyclic) bond motifs is 1. The summed E-state index contributed by atoms with van der Waals surface area (Å²) in [7, 11) is 1.86. The van der Waals surface area contributed by atoms with Crippen LogP contribution in [0.1, 0.15) is 5.69 Å². The molecule has 0 aliphatic heterocycles. The van der Waals surface area contributed by atoms with E-state index >= 15 is 0 Å². The molecule has 2 heterocycles. The maximum absolute atomic E-state index is 5.47. The molecule has 0 saturated heterocycles. The van der Waals surface area contributed by atoms with E-state index in [1.165, 1.54) is 0 Å². The Morgan fingerprint density at radius 2 is 2.31 bits per heavy atom. The number of hydrogen-bond donors (Lipinski definition) is 1. The highest BCUT2D eigenvalue weighted by molar-refractivity contribution is 5.76. The summed E-state index contributed by atoms with van der Waals surface area (Å²) in [4.78, 5) is 8.30. The Hall–Kier alpha value is -1.49. The second-order valence-electron chi connectivity index (χ2n) is 2.86. The van der Waals surface area contributed by atoms with Gasteiger partial charge in [0.05, 0.1) is 17.3 Å². The van der Waals surface area contributed by atoms with E-state index in [1.807, 2.05) is 7.05 Å². The molecule has 0 bridgehead atoms. The predicted octanol–water partition coefficient (Wildman–Crippen LogP) is -0.136. The summed E-state index contributed by atoms with van der Waals surface area (Å²) in [5.74, 6) is 0. The Bertz CT molecular complexity index is 419. The number of nitrogens with two attached hydrogens (primary N) is 1. The SMILES string of the molecule is Cn1ncc2c(CCN)ncnc21. The average Bonchev–Trinajstić information content (AvgIpc) is 2.50. The van der Waals surface area contributed by atoms with Crippen molar-refractivity contribution in [1.82, 2.24) is 19.7 Å². The summed E-state index contributed by atoms with van der Waals surface area (Å²) in [6, 6.07) is 0. The fourth-order valence-electron chi connectivity index (χ4n) is 1.35. The first kappa shape index (κ1) is 8.12. The lowest BCUT2D eigenvalue weighted by atomic mass is 10.2. The van der Waals surface area contributed by atoms with Gasteiger partial charge in [-0.15, -0.1) is 0 Å². The second-order valence-corrected chi connectivity index (χ2v) is 2.86. The van der Waals surface area contributed by atoms with Gasteiger partial charge >= 0.3 is 0 Å². The van der Waals surface area contributed by atoms with E-state index in [9.17, 15) is 0 Å². The van der Waals surface area contributed by atoms with Crippen LogP contribution in [0, 0.1) is 0 Å². The van der Waals surface area contributed by atoms with Crippen LogP contribution < -0.4 is 5.73 Å². The molecule has 68 valence electrons. The molecule has 0 aliphatic carbocycles. The van der Waals surface area contributed by atoms with Gasteiger partial charge in [-0.3, -0.25) is 4.68 Å². The van der Waals surface area contributed by atoms with Crippen molar-refractivity contribution in [2.45, 2.75) is 6.42 Å². The van der Waals surface area contributed by atoms with Crippen molar-refractivity contribution in [1.29, 1.82) is 0 Å². The summed E-state index contributed by atoms with van der Waals surface area (Å²) < 4.78 is 1.73. The molecule has 0 fully saturated rings. The molecule has 0 aliphatic rings. The zero-order chi connectivity index (χ0) is 9.26. The van der Waals surface area contributed by atoms with Crippen LogP contribution in [0.5, 0.6) is 0 Å². The number of rotatable bonds is 2. The normalized spacial score (nSPS) is 10.9. The maximum atomic E-state index is 5.47. The van der Waals surface area contributed by atoms with Crippen molar-refractivity contribution in [2.24, 2.45) is 12.8 Å². The molecular weight excluding hydrogens is 166 g/mol. The average molecular weight is 177 g/mol. The quantitative estimate of drug-likeness (QED) is 0.693. The van der Waals surface area contributed by atoms with Crippen molar-refractivity contribution in [3.05, 3.63) is 18.2 Å². The first-order chi connectivity index (χ1) is 6.33. The van der Waals surface area contributed by atoms with Crippen molar-refractivity contribution in [3.8, 4) is 0 Å². The van der Waals surface area contributed by atoms with E-state index in [-0.39, 0.29) is 0 Å². The Labute approximate surface area is 75.6 Å². The Morgan fingerprint density at radius 1 is 1.46 bits per heavy atom. The third-order valence-corrected chi connectivity index (χ3v) is 1.99. The molecule has 5 nitrogen and oxygen atoms in total. The summed E-state index contributed by atoms with van der Waals surface area (Å²) in [5, 5.41) is 5.11. The molecule has 0 spiro atoms. The molecule has 2 aromatic rings. The largest absolute Gasteiger partial charge is 0.330 e. The van der Waals surface area contributed by atoms with Gasteiger partial charge in [-0.2, -0.15) is 5.10 Å². The van der Waals surface area contributed by atoms with E-state index in [2.05, 4.69) is 15.1 Å². The van der Waals surface area contributed by atoms with E-state index in [1.54, 1.807) is 17.2 Å². The highest BCUT2D eigenvalue weighted by Crippen LogP contribution is 2.12. The number of aromatic nitrogens is 4. The van der Waals surface area contributed by atoms with Gasteiger partial charge in [0.2, 0.25) is 0 Å². The lowest BCUT2D eigenvalue weighted by Crippen LogP contribution is -2.05. The van der Waals surface area contributed by atoms with Gasteiger partial charge in [-0.1, -0.05) is 0 Å². The van der Waals surface area contributed by atoms with Crippen molar-refractivity contribution < 1.29 is 0 Å². The molecule has 0 atom stereocenters. The van der Waals surface area contributed by atoms with Crippen LogP contribution in [0.2, 0.25) is 0 Å². The minimum Gasteiger partial charge on any atom is -0.330 e. The topological polar surface area (TPSA) is 69.6 Å². The fourth-order valence-corrected chi connectivity index (χ4v) is 1.35. The maximum Gasteiger partial charge on any atom is 0.161 e. The Balaban J connectivity index is 2.63. The van der Waals surface area contributed by atoms with Crippen LogP contribution in [-0.4, -0.2) is 26.3 Å². The minimum absolute atomic E-state index is 0.598. The van der Waals surface area contributed by atoms with E-state index in [0.29, 0.717) is 6.54 Å². The van der Waals surface area contributed by atoms with E-state index < -0.39 is 0 Å². The minimum atomic E-state index is 0.598. The van der Waals surface area contributed by atoms with Crippen molar-refractivity contribution >= 4 is 11.0 Å². The van der Waals surface area contributed by atoms with E-state index in [0.717, 1.165) is 23.1 Å². The second kappa shape index (κ2) is 3.10. The third-order valence-electron chi connectivity index (χ3n) is 1.99. The van der Waals surface area contributed by atoms with Gasteiger partial charge < -0.3 is 5.73 Å². The van der Waals surface area contributed by atoms with Crippen LogP contribution >= 0.6 is 0 Å². The van der Waals surface area contributed by atoms with Crippen LogP contribution in [0.3, 0.4) is 0 Å². The van der Waals surface area contributed by atoms with Gasteiger partial charge in [-0.05, 0) is 6.54 Å².